The first kappa shape index (κ1) is 21.1. The minimum Gasteiger partial charge on any atom is -0.484 e. The first-order valence-corrected chi connectivity index (χ1v) is 9.36. The normalized spacial score (nSPS) is 16.2. The maximum absolute atomic E-state index is 12.8. The van der Waals surface area contributed by atoms with Gasteiger partial charge in [0, 0.05) is 19.6 Å². The van der Waals surface area contributed by atoms with Crippen molar-refractivity contribution in [3.05, 3.63) is 65.7 Å². The Morgan fingerprint density at radius 1 is 1.10 bits per heavy atom. The molecule has 0 spiro atoms. The molecule has 1 heterocycles. The molecule has 3 rings (SSSR count). The summed E-state index contributed by atoms with van der Waals surface area (Å²) in [6.07, 6.45) is -4.46. The molecule has 1 N–H and O–H groups in total. The predicted molar refractivity (Wildman–Crippen MR) is 102 cm³/mol. The molecule has 1 amide bonds. The van der Waals surface area contributed by atoms with Gasteiger partial charge < -0.3 is 14.8 Å². The van der Waals surface area contributed by atoms with Gasteiger partial charge in [0.25, 0.3) is 5.91 Å². The second-order valence-electron chi connectivity index (χ2n) is 6.76. The van der Waals surface area contributed by atoms with Crippen molar-refractivity contribution in [3.8, 4) is 5.75 Å². The summed E-state index contributed by atoms with van der Waals surface area (Å²) in [5.41, 5.74) is 0.135. The number of nitrogens with one attached hydrogen (secondary N) is 1. The average Bonchev–Trinajstić information content (AvgIpc) is 2.73. The first-order chi connectivity index (χ1) is 13.9. The van der Waals surface area contributed by atoms with Crippen molar-refractivity contribution in [3.63, 3.8) is 0 Å². The molecule has 8 heteroatoms. The molecule has 1 aliphatic rings. The molecule has 1 atom stereocenters. The highest BCUT2D eigenvalue weighted by atomic mass is 19.4. The van der Waals surface area contributed by atoms with Crippen molar-refractivity contribution in [1.82, 2.24) is 10.2 Å². The number of halogens is 3. The molecule has 1 aliphatic heterocycles. The lowest BCUT2D eigenvalue weighted by atomic mass is 10.1. The van der Waals surface area contributed by atoms with Gasteiger partial charge >= 0.3 is 6.18 Å². The van der Waals surface area contributed by atoms with E-state index < -0.39 is 17.6 Å². The van der Waals surface area contributed by atoms with Gasteiger partial charge in [0.1, 0.15) is 5.75 Å². The molecule has 2 aromatic rings. The standard InChI is InChI=1S/C21H23F3N2O3/c22-21(23,24)17-7-4-8-18(13-17)29-15-20(27)25-19(16-5-2-1-3-6-16)14-26-9-11-28-12-10-26/h1-8,13,19H,9-12,14-15H2,(H,25,27). The van der Waals surface area contributed by atoms with E-state index in [1.54, 1.807) is 0 Å². The SMILES string of the molecule is O=C(COc1cccc(C(F)(F)F)c1)NC(CN1CCOCC1)c1ccccc1. The van der Waals surface area contributed by atoms with E-state index in [-0.39, 0.29) is 18.4 Å². The fourth-order valence-corrected chi connectivity index (χ4v) is 3.11. The minimum atomic E-state index is -4.46. The Hall–Kier alpha value is -2.58. The maximum Gasteiger partial charge on any atom is 0.416 e. The topological polar surface area (TPSA) is 50.8 Å². The van der Waals surface area contributed by atoms with Gasteiger partial charge in [0.15, 0.2) is 6.61 Å². The zero-order valence-electron chi connectivity index (χ0n) is 15.8. The molecule has 1 saturated heterocycles. The van der Waals surface area contributed by atoms with Crippen molar-refractivity contribution in [2.75, 3.05) is 39.5 Å². The lowest BCUT2D eigenvalue weighted by Crippen LogP contribution is -2.44. The number of amides is 1. The van der Waals surface area contributed by atoms with Crippen molar-refractivity contribution in [2.24, 2.45) is 0 Å². The number of hydrogen-bond donors (Lipinski definition) is 1. The fourth-order valence-electron chi connectivity index (χ4n) is 3.11. The maximum atomic E-state index is 12.8. The molecule has 156 valence electrons. The van der Waals surface area contributed by atoms with Crippen LogP contribution in [0.2, 0.25) is 0 Å². The van der Waals surface area contributed by atoms with Crippen LogP contribution in [0.3, 0.4) is 0 Å². The Labute approximate surface area is 167 Å². The fraction of sp³-hybridized carbons (Fsp3) is 0.381. The lowest BCUT2D eigenvalue weighted by molar-refractivity contribution is -0.137. The van der Waals surface area contributed by atoms with Gasteiger partial charge in [-0.3, -0.25) is 9.69 Å². The monoisotopic (exact) mass is 408 g/mol. The van der Waals surface area contributed by atoms with Crippen LogP contribution in [0, 0.1) is 0 Å². The van der Waals surface area contributed by atoms with Gasteiger partial charge in [-0.1, -0.05) is 36.4 Å². The molecule has 0 aromatic heterocycles. The highest BCUT2D eigenvalue weighted by Gasteiger charge is 2.30. The zero-order valence-corrected chi connectivity index (χ0v) is 15.8. The lowest BCUT2D eigenvalue weighted by Gasteiger charge is -2.31. The number of carbonyl (C=O) groups is 1. The van der Waals surface area contributed by atoms with Gasteiger partial charge in [-0.15, -0.1) is 0 Å². The van der Waals surface area contributed by atoms with E-state index in [9.17, 15) is 18.0 Å². The predicted octanol–water partition coefficient (Wildman–Crippen LogP) is 3.27. The van der Waals surface area contributed by atoms with Gasteiger partial charge in [0.05, 0.1) is 24.8 Å². The van der Waals surface area contributed by atoms with Crippen LogP contribution in [-0.4, -0.2) is 50.3 Å². The molecule has 0 aliphatic carbocycles. The molecule has 1 fully saturated rings. The number of rotatable bonds is 7. The molecular weight excluding hydrogens is 385 g/mol. The van der Waals surface area contributed by atoms with Crippen LogP contribution in [0.25, 0.3) is 0 Å². The third-order valence-electron chi connectivity index (χ3n) is 4.61. The van der Waals surface area contributed by atoms with Gasteiger partial charge in [-0.05, 0) is 23.8 Å². The van der Waals surface area contributed by atoms with Crippen molar-refractivity contribution < 1.29 is 27.4 Å². The van der Waals surface area contributed by atoms with E-state index in [2.05, 4.69) is 10.2 Å². The molecule has 5 nitrogen and oxygen atoms in total. The van der Waals surface area contributed by atoms with Gasteiger partial charge in [-0.25, -0.2) is 0 Å². The Morgan fingerprint density at radius 2 is 1.83 bits per heavy atom. The molecule has 29 heavy (non-hydrogen) atoms. The van der Waals surface area contributed by atoms with E-state index in [1.165, 1.54) is 12.1 Å². The Morgan fingerprint density at radius 3 is 2.52 bits per heavy atom. The van der Waals surface area contributed by atoms with Crippen LogP contribution in [0.15, 0.2) is 54.6 Å². The average molecular weight is 408 g/mol. The summed E-state index contributed by atoms with van der Waals surface area (Å²) in [6.45, 7) is 3.10. The van der Waals surface area contributed by atoms with Crippen LogP contribution < -0.4 is 10.1 Å². The van der Waals surface area contributed by atoms with Gasteiger partial charge in [-0.2, -0.15) is 13.2 Å². The smallest absolute Gasteiger partial charge is 0.416 e. The first-order valence-electron chi connectivity index (χ1n) is 9.36. The summed E-state index contributed by atoms with van der Waals surface area (Å²) in [5.74, 6) is -0.399. The van der Waals surface area contributed by atoms with Gasteiger partial charge in [0.2, 0.25) is 0 Å². The number of ether oxygens (including phenoxy) is 2. The number of nitrogens with zero attached hydrogens (tertiary/aromatic N) is 1. The number of alkyl halides is 3. The molecule has 0 saturated carbocycles. The Bertz CT molecular complexity index is 793. The minimum absolute atomic E-state index is 0.000541. The van der Waals surface area contributed by atoms with Crippen molar-refractivity contribution >= 4 is 5.91 Å². The summed E-state index contributed by atoms with van der Waals surface area (Å²) < 4.78 is 49.0. The number of benzene rings is 2. The van der Waals surface area contributed by atoms with E-state index in [4.69, 9.17) is 9.47 Å². The highest BCUT2D eigenvalue weighted by molar-refractivity contribution is 5.78. The second-order valence-corrected chi connectivity index (χ2v) is 6.76. The van der Waals surface area contributed by atoms with Crippen molar-refractivity contribution in [2.45, 2.75) is 12.2 Å². The third-order valence-corrected chi connectivity index (χ3v) is 4.61. The molecule has 0 radical (unpaired) electrons. The molecular formula is C21H23F3N2O3. The quantitative estimate of drug-likeness (QED) is 0.764. The summed E-state index contributed by atoms with van der Waals surface area (Å²) in [5, 5.41) is 2.93. The number of hydrogen-bond acceptors (Lipinski definition) is 4. The second kappa shape index (κ2) is 9.76. The van der Waals surface area contributed by atoms with E-state index in [1.807, 2.05) is 30.3 Å². The summed E-state index contributed by atoms with van der Waals surface area (Å²) in [6, 6.07) is 13.8. The number of carbonyl (C=O) groups excluding carboxylic acids is 1. The van der Waals surface area contributed by atoms with E-state index in [0.29, 0.717) is 19.8 Å². The molecule has 0 bridgehead atoms. The summed E-state index contributed by atoms with van der Waals surface area (Å²) in [7, 11) is 0. The van der Waals surface area contributed by atoms with E-state index >= 15 is 0 Å². The third kappa shape index (κ3) is 6.47. The Kier molecular flexibility index (Phi) is 7.11. The van der Waals surface area contributed by atoms with Crippen LogP contribution in [0.1, 0.15) is 17.2 Å². The highest BCUT2D eigenvalue weighted by Crippen LogP contribution is 2.31. The van der Waals surface area contributed by atoms with Crippen LogP contribution in [0.4, 0.5) is 13.2 Å². The van der Waals surface area contributed by atoms with Crippen molar-refractivity contribution in [1.29, 1.82) is 0 Å². The molecule has 2 aromatic carbocycles. The van der Waals surface area contributed by atoms with Crippen LogP contribution >= 0.6 is 0 Å². The summed E-state index contributed by atoms with van der Waals surface area (Å²) in [4.78, 5) is 14.6. The zero-order chi connectivity index (χ0) is 20.7. The number of morpholine rings is 1. The Balaban J connectivity index is 1.61. The summed E-state index contributed by atoms with van der Waals surface area (Å²) >= 11 is 0. The largest absolute Gasteiger partial charge is 0.484 e. The molecule has 1 unspecified atom stereocenters. The van der Waals surface area contributed by atoms with E-state index in [0.717, 1.165) is 30.8 Å². The van der Waals surface area contributed by atoms with Crippen LogP contribution in [0.5, 0.6) is 5.75 Å². The van der Waals surface area contributed by atoms with Crippen LogP contribution in [-0.2, 0) is 15.7 Å².